The Labute approximate surface area is 179 Å². The molecule has 4 rings (SSSR count). The van der Waals surface area contributed by atoms with Gasteiger partial charge in [0.2, 0.25) is 0 Å². The van der Waals surface area contributed by atoms with Crippen LogP contribution in [0, 0.1) is 34.0 Å². The summed E-state index contributed by atoms with van der Waals surface area (Å²) in [5.74, 6) is 2.45. The van der Waals surface area contributed by atoms with Gasteiger partial charge in [0.15, 0.2) is 5.78 Å². The van der Waals surface area contributed by atoms with Gasteiger partial charge in [0.25, 0.3) is 0 Å². The number of hydrogen-bond donors (Lipinski definition) is 0. The van der Waals surface area contributed by atoms with Crippen LogP contribution < -0.4 is 0 Å². The minimum absolute atomic E-state index is 0.0719. The van der Waals surface area contributed by atoms with E-state index < -0.39 is 0 Å². The zero-order valence-corrected chi connectivity index (χ0v) is 19.7. The molecule has 4 atom stereocenters. The van der Waals surface area contributed by atoms with Crippen molar-refractivity contribution in [2.75, 3.05) is 0 Å². The summed E-state index contributed by atoms with van der Waals surface area (Å²) in [6.07, 6.45) is 18.5. The standard InChI is InChI=1S/C28H42O/c1-19(2)9-7-8-10-20-11-13-22-21-12-14-24-26(3,4)25(29)16-18-28(24,6)23(21)15-17-27(20,22)5/h13,16,18-20,24H,7-12,14-15,17H2,1-6H3. The summed E-state index contributed by atoms with van der Waals surface area (Å²) >= 11 is 0. The molecule has 0 bridgehead atoms. The van der Waals surface area contributed by atoms with Gasteiger partial charge in [0.05, 0.1) is 0 Å². The number of carbonyl (C=O) groups excluding carboxylic acids is 1. The molecule has 160 valence electrons. The van der Waals surface area contributed by atoms with Crippen LogP contribution in [0.1, 0.15) is 99.3 Å². The number of unbranched alkanes of at least 4 members (excludes halogenated alkanes) is 1. The lowest BCUT2D eigenvalue weighted by atomic mass is 9.49. The monoisotopic (exact) mass is 394 g/mol. The van der Waals surface area contributed by atoms with E-state index in [9.17, 15) is 4.79 Å². The molecule has 1 nitrogen and oxygen atoms in total. The van der Waals surface area contributed by atoms with Crippen LogP contribution in [-0.4, -0.2) is 5.78 Å². The summed E-state index contributed by atoms with van der Waals surface area (Å²) in [6.45, 7) is 14.1. The van der Waals surface area contributed by atoms with Crippen LogP contribution in [0.3, 0.4) is 0 Å². The molecular weight excluding hydrogens is 352 g/mol. The highest BCUT2D eigenvalue weighted by atomic mass is 16.1. The van der Waals surface area contributed by atoms with Crippen LogP contribution in [0.4, 0.5) is 0 Å². The van der Waals surface area contributed by atoms with Crippen molar-refractivity contribution < 1.29 is 4.79 Å². The van der Waals surface area contributed by atoms with E-state index in [1.54, 1.807) is 16.7 Å². The number of ketones is 1. The minimum atomic E-state index is -0.230. The largest absolute Gasteiger partial charge is 0.294 e. The zero-order valence-electron chi connectivity index (χ0n) is 19.7. The third kappa shape index (κ3) is 3.22. The number of fused-ring (bicyclic) bond motifs is 4. The lowest BCUT2D eigenvalue weighted by Gasteiger charge is -2.55. The molecule has 0 aliphatic heterocycles. The van der Waals surface area contributed by atoms with Crippen molar-refractivity contribution >= 4 is 5.78 Å². The quantitative estimate of drug-likeness (QED) is 0.434. The molecule has 0 saturated carbocycles. The molecule has 0 amide bonds. The van der Waals surface area contributed by atoms with Crippen LogP contribution in [0.15, 0.2) is 34.9 Å². The molecular formula is C28H42O. The highest BCUT2D eigenvalue weighted by Crippen LogP contribution is 2.64. The summed E-state index contributed by atoms with van der Waals surface area (Å²) in [5.41, 5.74) is 5.31. The second-order valence-corrected chi connectivity index (χ2v) is 11.9. The molecule has 0 saturated heterocycles. The summed E-state index contributed by atoms with van der Waals surface area (Å²) < 4.78 is 0. The van der Waals surface area contributed by atoms with Crippen LogP contribution in [0.25, 0.3) is 0 Å². The third-order valence-electron chi connectivity index (χ3n) is 9.43. The fourth-order valence-corrected chi connectivity index (χ4v) is 7.50. The Morgan fingerprint density at radius 2 is 1.86 bits per heavy atom. The van der Waals surface area contributed by atoms with E-state index in [1.807, 2.05) is 6.08 Å². The maximum absolute atomic E-state index is 12.6. The highest BCUT2D eigenvalue weighted by Gasteiger charge is 2.55. The van der Waals surface area contributed by atoms with Gasteiger partial charge in [0.1, 0.15) is 0 Å². The Kier molecular flexibility index (Phi) is 5.28. The van der Waals surface area contributed by atoms with Crippen molar-refractivity contribution in [3.05, 3.63) is 34.9 Å². The van der Waals surface area contributed by atoms with Crippen LogP contribution in [-0.2, 0) is 4.79 Å². The van der Waals surface area contributed by atoms with E-state index in [2.05, 4.69) is 53.7 Å². The van der Waals surface area contributed by atoms with Gasteiger partial charge < -0.3 is 0 Å². The number of hydrogen-bond acceptors (Lipinski definition) is 1. The van der Waals surface area contributed by atoms with Gasteiger partial charge >= 0.3 is 0 Å². The molecule has 0 aromatic carbocycles. The first-order chi connectivity index (χ1) is 13.6. The van der Waals surface area contributed by atoms with Gasteiger partial charge in [-0.25, -0.2) is 0 Å². The second-order valence-electron chi connectivity index (χ2n) is 11.9. The van der Waals surface area contributed by atoms with Crippen molar-refractivity contribution in [2.45, 2.75) is 99.3 Å². The van der Waals surface area contributed by atoms with Crippen LogP contribution >= 0.6 is 0 Å². The maximum Gasteiger partial charge on any atom is 0.161 e. The van der Waals surface area contributed by atoms with Crippen molar-refractivity contribution in [3.8, 4) is 0 Å². The predicted octanol–water partition coefficient (Wildman–Crippen LogP) is 7.83. The van der Waals surface area contributed by atoms with E-state index in [1.165, 1.54) is 51.4 Å². The van der Waals surface area contributed by atoms with Crippen molar-refractivity contribution in [3.63, 3.8) is 0 Å². The number of allylic oxidation sites excluding steroid dienone is 6. The molecule has 0 N–H and O–H groups in total. The average Bonchev–Trinajstić information content (AvgIpc) is 2.99. The Morgan fingerprint density at radius 3 is 2.59 bits per heavy atom. The fraction of sp³-hybridized carbons (Fsp3) is 0.750. The van der Waals surface area contributed by atoms with E-state index in [0.717, 1.165) is 18.3 Å². The lowest BCUT2D eigenvalue weighted by Crippen LogP contribution is -2.49. The molecule has 0 heterocycles. The molecule has 1 heteroatoms. The predicted molar refractivity (Wildman–Crippen MR) is 123 cm³/mol. The first-order valence-electron chi connectivity index (χ1n) is 12.3. The van der Waals surface area contributed by atoms with Crippen LogP contribution in [0.5, 0.6) is 0 Å². The van der Waals surface area contributed by atoms with Crippen molar-refractivity contribution in [1.29, 1.82) is 0 Å². The topological polar surface area (TPSA) is 17.1 Å². The summed E-state index contributed by atoms with van der Waals surface area (Å²) in [4.78, 5) is 12.6. The van der Waals surface area contributed by atoms with E-state index in [-0.39, 0.29) is 10.8 Å². The zero-order chi connectivity index (χ0) is 21.0. The Bertz CT molecular complexity index is 776. The van der Waals surface area contributed by atoms with Gasteiger partial charge in [-0.05, 0) is 78.9 Å². The van der Waals surface area contributed by atoms with Gasteiger partial charge in [-0.15, -0.1) is 0 Å². The summed E-state index contributed by atoms with van der Waals surface area (Å²) in [5, 5.41) is 0. The number of carbonyl (C=O) groups is 1. The average molecular weight is 395 g/mol. The summed E-state index contributed by atoms with van der Waals surface area (Å²) in [7, 11) is 0. The van der Waals surface area contributed by atoms with E-state index in [0.29, 0.717) is 17.1 Å². The molecule has 29 heavy (non-hydrogen) atoms. The molecule has 4 unspecified atom stereocenters. The van der Waals surface area contributed by atoms with Gasteiger partial charge in [0, 0.05) is 10.8 Å². The minimum Gasteiger partial charge on any atom is -0.294 e. The highest BCUT2D eigenvalue weighted by molar-refractivity contribution is 5.96. The Balaban J connectivity index is 1.58. The first-order valence-corrected chi connectivity index (χ1v) is 12.3. The first kappa shape index (κ1) is 21.1. The Morgan fingerprint density at radius 1 is 1.10 bits per heavy atom. The fourth-order valence-electron chi connectivity index (χ4n) is 7.50. The smallest absolute Gasteiger partial charge is 0.161 e. The van der Waals surface area contributed by atoms with Gasteiger partial charge in [-0.2, -0.15) is 0 Å². The van der Waals surface area contributed by atoms with E-state index in [4.69, 9.17) is 0 Å². The van der Waals surface area contributed by atoms with Gasteiger partial charge in [-0.1, -0.05) is 78.5 Å². The lowest BCUT2D eigenvalue weighted by molar-refractivity contribution is -0.128. The van der Waals surface area contributed by atoms with E-state index >= 15 is 0 Å². The summed E-state index contributed by atoms with van der Waals surface area (Å²) in [6, 6.07) is 0. The molecule has 0 radical (unpaired) electrons. The van der Waals surface area contributed by atoms with Crippen molar-refractivity contribution in [2.24, 2.45) is 34.0 Å². The SMILES string of the molecule is CC(C)CCCCC1CC=C2C3=C(CCC21C)C1(C)C=CC(=O)C(C)(C)C1CC3. The maximum atomic E-state index is 12.6. The molecule has 0 aromatic heterocycles. The number of rotatable bonds is 5. The van der Waals surface area contributed by atoms with Crippen LogP contribution in [0.2, 0.25) is 0 Å². The Hall–Kier alpha value is -1.11. The molecule has 0 spiro atoms. The molecule has 0 aromatic rings. The third-order valence-corrected chi connectivity index (χ3v) is 9.43. The molecule has 0 fully saturated rings. The second kappa shape index (κ2) is 7.24. The molecule has 4 aliphatic carbocycles. The normalized spacial score (nSPS) is 38.0. The van der Waals surface area contributed by atoms with Crippen molar-refractivity contribution in [1.82, 2.24) is 0 Å². The molecule has 4 aliphatic rings. The van der Waals surface area contributed by atoms with Gasteiger partial charge in [-0.3, -0.25) is 4.79 Å².